The van der Waals surface area contributed by atoms with Crippen LogP contribution >= 0.6 is 11.3 Å². The first kappa shape index (κ1) is 23.1. The number of nitrogens with zero attached hydrogens (tertiary/aromatic N) is 2. The Bertz CT molecular complexity index is 1190. The van der Waals surface area contributed by atoms with Gasteiger partial charge < -0.3 is 5.32 Å². The van der Waals surface area contributed by atoms with Gasteiger partial charge in [0.05, 0.1) is 6.04 Å². The molecule has 1 amide bonds. The summed E-state index contributed by atoms with van der Waals surface area (Å²) in [5.41, 5.74) is 10.7. The molecule has 2 saturated heterocycles. The number of piperidine rings is 1. The molecule has 3 aromatic rings. The molecule has 2 aliphatic heterocycles. The number of rotatable bonds is 5. The Labute approximate surface area is 211 Å². The van der Waals surface area contributed by atoms with Crippen LogP contribution in [-0.4, -0.2) is 41.0 Å². The van der Waals surface area contributed by atoms with Crippen molar-refractivity contribution in [1.82, 2.24) is 26.1 Å². The van der Waals surface area contributed by atoms with E-state index < -0.39 is 0 Å². The van der Waals surface area contributed by atoms with Crippen molar-refractivity contribution >= 4 is 27.3 Å². The molecule has 6 rings (SSSR count). The SMILES string of the molecule is Cc1cc(C2NNC3CCC(C(=O)N[C@@H]4CCCN(Cc5csc6ccccc56)C4)CC32)ccn1. The van der Waals surface area contributed by atoms with Crippen LogP contribution in [0.15, 0.2) is 48.0 Å². The predicted octanol–water partition coefficient (Wildman–Crippen LogP) is 4.32. The summed E-state index contributed by atoms with van der Waals surface area (Å²) in [6, 6.07) is 13.9. The van der Waals surface area contributed by atoms with Gasteiger partial charge in [0.2, 0.25) is 5.91 Å². The van der Waals surface area contributed by atoms with E-state index in [1.807, 2.05) is 24.5 Å². The fourth-order valence-electron chi connectivity index (χ4n) is 6.42. The Morgan fingerprint density at radius 1 is 1.20 bits per heavy atom. The summed E-state index contributed by atoms with van der Waals surface area (Å²) in [4.78, 5) is 20.2. The third-order valence-corrected chi connectivity index (χ3v) is 9.22. The molecule has 6 nitrogen and oxygen atoms in total. The number of aryl methyl sites for hydroxylation is 1. The van der Waals surface area contributed by atoms with Gasteiger partial charge in [0.25, 0.3) is 0 Å². The van der Waals surface area contributed by atoms with E-state index in [1.165, 1.54) is 21.2 Å². The number of nitrogens with one attached hydrogen (secondary N) is 3. The van der Waals surface area contributed by atoms with Crippen LogP contribution in [-0.2, 0) is 11.3 Å². The number of aromatic nitrogens is 1. The summed E-state index contributed by atoms with van der Waals surface area (Å²) in [6.45, 7) is 5.05. The molecule has 1 aromatic carbocycles. The van der Waals surface area contributed by atoms with E-state index in [1.54, 1.807) is 0 Å². The molecule has 0 radical (unpaired) electrons. The Hall–Kier alpha value is -2.32. The molecule has 0 bridgehead atoms. The maximum atomic E-state index is 13.4. The predicted molar refractivity (Wildman–Crippen MR) is 141 cm³/mol. The Balaban J connectivity index is 1.07. The molecule has 3 fully saturated rings. The zero-order chi connectivity index (χ0) is 23.8. The van der Waals surface area contributed by atoms with Crippen LogP contribution in [0.3, 0.4) is 0 Å². The second-order valence-corrected chi connectivity index (χ2v) is 11.5. The zero-order valence-electron chi connectivity index (χ0n) is 20.4. The molecule has 4 unspecified atom stereocenters. The van der Waals surface area contributed by atoms with Crippen molar-refractivity contribution < 1.29 is 4.79 Å². The summed E-state index contributed by atoms with van der Waals surface area (Å²) in [5, 5.41) is 7.12. The van der Waals surface area contributed by atoms with Crippen molar-refractivity contribution in [3.8, 4) is 0 Å². The highest BCUT2D eigenvalue weighted by Gasteiger charge is 2.43. The third-order valence-electron chi connectivity index (χ3n) is 8.21. The molecule has 1 aliphatic carbocycles. The van der Waals surface area contributed by atoms with Gasteiger partial charge in [0, 0.05) is 47.7 Å². The molecule has 0 spiro atoms. The highest BCUT2D eigenvalue weighted by molar-refractivity contribution is 7.17. The fourth-order valence-corrected chi connectivity index (χ4v) is 7.37. The lowest BCUT2D eigenvalue weighted by atomic mass is 9.74. The molecule has 1 saturated carbocycles. The molecule has 4 heterocycles. The van der Waals surface area contributed by atoms with Gasteiger partial charge in [-0.05, 0) is 91.6 Å². The number of carbonyl (C=O) groups excluding carboxylic acids is 1. The molecule has 184 valence electrons. The van der Waals surface area contributed by atoms with Crippen molar-refractivity contribution in [2.45, 2.75) is 63.7 Å². The van der Waals surface area contributed by atoms with E-state index in [0.29, 0.717) is 12.0 Å². The van der Waals surface area contributed by atoms with Crippen LogP contribution in [0.5, 0.6) is 0 Å². The van der Waals surface area contributed by atoms with Crippen LogP contribution in [0.2, 0.25) is 0 Å². The van der Waals surface area contributed by atoms with E-state index in [2.05, 4.69) is 67.8 Å². The first-order valence-electron chi connectivity index (χ1n) is 13.1. The molecule has 2 aromatic heterocycles. The average molecular weight is 490 g/mol. The number of hydrazine groups is 1. The minimum Gasteiger partial charge on any atom is -0.352 e. The van der Waals surface area contributed by atoms with Crippen LogP contribution in [0.25, 0.3) is 10.1 Å². The number of fused-ring (bicyclic) bond motifs is 2. The van der Waals surface area contributed by atoms with Gasteiger partial charge in [0.1, 0.15) is 0 Å². The van der Waals surface area contributed by atoms with E-state index in [4.69, 9.17) is 0 Å². The lowest BCUT2D eigenvalue weighted by Gasteiger charge is -2.36. The number of carbonyl (C=O) groups is 1. The number of pyridine rings is 1. The Morgan fingerprint density at radius 3 is 3.03 bits per heavy atom. The number of hydrogen-bond donors (Lipinski definition) is 3. The normalized spacial score (nSPS) is 29.2. The van der Waals surface area contributed by atoms with Gasteiger partial charge in [-0.1, -0.05) is 18.2 Å². The summed E-state index contributed by atoms with van der Waals surface area (Å²) in [6.07, 6.45) is 7.03. The van der Waals surface area contributed by atoms with E-state index in [9.17, 15) is 4.79 Å². The largest absolute Gasteiger partial charge is 0.352 e. The molecule has 5 atom stereocenters. The monoisotopic (exact) mass is 489 g/mol. The second kappa shape index (κ2) is 9.97. The van der Waals surface area contributed by atoms with Crippen LogP contribution < -0.4 is 16.2 Å². The third kappa shape index (κ3) is 4.87. The minimum atomic E-state index is 0.0968. The maximum Gasteiger partial charge on any atom is 0.223 e. The lowest BCUT2D eigenvalue weighted by Crippen LogP contribution is -2.50. The van der Waals surface area contributed by atoms with Gasteiger partial charge in [-0.3, -0.25) is 20.1 Å². The number of likely N-dealkylation sites (tertiary alicyclic amines) is 1. The molecular weight excluding hydrogens is 454 g/mol. The van der Waals surface area contributed by atoms with Crippen molar-refractivity contribution in [2.24, 2.45) is 11.8 Å². The highest BCUT2D eigenvalue weighted by atomic mass is 32.1. The van der Waals surface area contributed by atoms with Gasteiger partial charge in [-0.2, -0.15) is 0 Å². The van der Waals surface area contributed by atoms with Crippen LogP contribution in [0.1, 0.15) is 55.0 Å². The van der Waals surface area contributed by atoms with Gasteiger partial charge in [-0.25, -0.2) is 5.43 Å². The number of hydrogen-bond acceptors (Lipinski definition) is 6. The number of amides is 1. The average Bonchev–Trinajstić information content (AvgIpc) is 3.48. The van der Waals surface area contributed by atoms with Crippen molar-refractivity contribution in [2.75, 3.05) is 13.1 Å². The van der Waals surface area contributed by atoms with E-state index >= 15 is 0 Å². The van der Waals surface area contributed by atoms with Gasteiger partial charge in [0.15, 0.2) is 0 Å². The second-order valence-electron chi connectivity index (χ2n) is 10.6. The van der Waals surface area contributed by atoms with Crippen molar-refractivity contribution in [3.05, 3.63) is 64.8 Å². The Kier molecular flexibility index (Phi) is 6.58. The molecular formula is C28H35N5OS. The number of thiophene rings is 1. The Morgan fingerprint density at radius 2 is 2.11 bits per heavy atom. The smallest absolute Gasteiger partial charge is 0.223 e. The van der Waals surface area contributed by atoms with Crippen LogP contribution in [0.4, 0.5) is 0 Å². The molecule has 7 heteroatoms. The molecule has 3 aliphatic rings. The fraction of sp³-hybridized carbons (Fsp3) is 0.500. The maximum absolute atomic E-state index is 13.4. The minimum absolute atomic E-state index is 0.0968. The summed E-state index contributed by atoms with van der Waals surface area (Å²) in [5.74, 6) is 0.781. The topological polar surface area (TPSA) is 69.3 Å². The van der Waals surface area contributed by atoms with Crippen molar-refractivity contribution in [1.29, 1.82) is 0 Å². The summed E-state index contributed by atoms with van der Waals surface area (Å²) >= 11 is 1.83. The summed E-state index contributed by atoms with van der Waals surface area (Å²) in [7, 11) is 0. The van der Waals surface area contributed by atoms with E-state index in [-0.39, 0.29) is 23.9 Å². The molecule has 3 N–H and O–H groups in total. The standard InChI is InChI=1S/C28H35N5OS/c1-18-13-19(10-11-29-18)27-24-14-20(8-9-25(24)31-32-27)28(34)30-22-5-4-12-33(16-22)15-21-17-35-26-7-3-2-6-23(21)26/h2-3,6-7,10-11,13,17,20,22,24-25,27,31-32H,4-5,8-9,12,14-16H2,1H3,(H,30,34)/t20?,22-,24?,25?,27?/m1/s1. The first-order chi connectivity index (χ1) is 17.1. The first-order valence-corrected chi connectivity index (χ1v) is 13.9. The lowest BCUT2D eigenvalue weighted by molar-refractivity contribution is -0.127. The van der Waals surface area contributed by atoms with Crippen molar-refractivity contribution in [3.63, 3.8) is 0 Å². The number of benzene rings is 1. The summed E-state index contributed by atoms with van der Waals surface area (Å²) < 4.78 is 1.36. The highest BCUT2D eigenvalue weighted by Crippen LogP contribution is 2.40. The van der Waals surface area contributed by atoms with Gasteiger partial charge >= 0.3 is 0 Å². The quantitative estimate of drug-likeness (QED) is 0.498. The van der Waals surface area contributed by atoms with Crippen LogP contribution in [0, 0.1) is 18.8 Å². The molecule has 35 heavy (non-hydrogen) atoms. The zero-order valence-corrected chi connectivity index (χ0v) is 21.2. The van der Waals surface area contributed by atoms with E-state index in [0.717, 1.165) is 57.4 Å². The van der Waals surface area contributed by atoms with Gasteiger partial charge in [-0.15, -0.1) is 11.3 Å².